The molecule has 0 heterocycles. The predicted octanol–water partition coefficient (Wildman–Crippen LogP) is 5.19. The summed E-state index contributed by atoms with van der Waals surface area (Å²) in [6.45, 7) is 3.35. The molecule has 3 heteroatoms. The van der Waals surface area contributed by atoms with Gasteiger partial charge in [0.05, 0.1) is 7.11 Å². The summed E-state index contributed by atoms with van der Waals surface area (Å²) in [5, 5.41) is 3.42. The SMILES string of the molecule is COc1cc(CNc2ccc(C)cc2)ccc1OCc1ccccc1. The summed E-state index contributed by atoms with van der Waals surface area (Å²) in [5.74, 6) is 1.50. The molecule has 3 aromatic rings. The minimum Gasteiger partial charge on any atom is -0.493 e. The maximum Gasteiger partial charge on any atom is 0.161 e. The van der Waals surface area contributed by atoms with E-state index >= 15 is 0 Å². The number of benzene rings is 3. The molecule has 0 saturated heterocycles. The van der Waals surface area contributed by atoms with E-state index in [1.54, 1.807) is 7.11 Å². The van der Waals surface area contributed by atoms with Gasteiger partial charge in [-0.2, -0.15) is 0 Å². The van der Waals surface area contributed by atoms with E-state index in [9.17, 15) is 0 Å². The van der Waals surface area contributed by atoms with Crippen LogP contribution in [0.2, 0.25) is 0 Å². The fraction of sp³-hybridized carbons (Fsp3) is 0.182. The second-order valence-electron chi connectivity index (χ2n) is 5.98. The summed E-state index contributed by atoms with van der Waals surface area (Å²) in [4.78, 5) is 0. The zero-order chi connectivity index (χ0) is 17.5. The fourth-order valence-electron chi connectivity index (χ4n) is 2.55. The zero-order valence-electron chi connectivity index (χ0n) is 14.7. The first-order chi connectivity index (χ1) is 12.2. The van der Waals surface area contributed by atoms with Gasteiger partial charge in [-0.05, 0) is 42.3 Å². The van der Waals surface area contributed by atoms with Crippen LogP contribution >= 0.6 is 0 Å². The van der Waals surface area contributed by atoms with Crippen LogP contribution in [0.25, 0.3) is 0 Å². The molecule has 128 valence electrons. The Bertz CT molecular complexity index is 798. The number of hydrogen-bond donors (Lipinski definition) is 1. The van der Waals surface area contributed by atoms with E-state index in [4.69, 9.17) is 9.47 Å². The largest absolute Gasteiger partial charge is 0.493 e. The summed E-state index contributed by atoms with van der Waals surface area (Å²) >= 11 is 0. The van der Waals surface area contributed by atoms with Crippen molar-refractivity contribution < 1.29 is 9.47 Å². The highest BCUT2D eigenvalue weighted by Crippen LogP contribution is 2.29. The topological polar surface area (TPSA) is 30.5 Å². The molecule has 0 saturated carbocycles. The minimum atomic E-state index is 0.526. The van der Waals surface area contributed by atoms with Crippen molar-refractivity contribution >= 4 is 5.69 Å². The summed E-state index contributed by atoms with van der Waals surface area (Å²) in [7, 11) is 1.67. The molecular formula is C22H23NO2. The standard InChI is InChI=1S/C22H23NO2/c1-17-8-11-20(12-9-17)23-15-19-10-13-21(22(14-19)24-2)25-16-18-6-4-3-5-7-18/h3-14,23H,15-16H2,1-2H3. The van der Waals surface area contributed by atoms with Crippen LogP contribution in [0, 0.1) is 6.92 Å². The van der Waals surface area contributed by atoms with Gasteiger partial charge in [0, 0.05) is 12.2 Å². The Balaban J connectivity index is 1.63. The molecule has 1 N–H and O–H groups in total. The van der Waals surface area contributed by atoms with Crippen LogP contribution < -0.4 is 14.8 Å². The molecule has 25 heavy (non-hydrogen) atoms. The number of hydrogen-bond acceptors (Lipinski definition) is 3. The molecule has 0 aromatic heterocycles. The van der Waals surface area contributed by atoms with E-state index in [1.165, 1.54) is 5.56 Å². The smallest absolute Gasteiger partial charge is 0.161 e. The summed E-state index contributed by atoms with van der Waals surface area (Å²) in [6.07, 6.45) is 0. The maximum atomic E-state index is 5.90. The van der Waals surface area contributed by atoms with Crippen molar-refractivity contribution in [3.63, 3.8) is 0 Å². The van der Waals surface area contributed by atoms with Crippen LogP contribution in [0.1, 0.15) is 16.7 Å². The lowest BCUT2D eigenvalue weighted by atomic mass is 10.2. The van der Waals surface area contributed by atoms with E-state index < -0.39 is 0 Å². The van der Waals surface area contributed by atoms with Crippen molar-refractivity contribution in [3.05, 3.63) is 89.5 Å². The highest BCUT2D eigenvalue weighted by atomic mass is 16.5. The molecular weight excluding hydrogens is 310 g/mol. The molecule has 0 spiro atoms. The molecule has 0 amide bonds. The average Bonchev–Trinajstić information content (AvgIpc) is 2.67. The zero-order valence-corrected chi connectivity index (χ0v) is 14.7. The Kier molecular flexibility index (Phi) is 5.57. The molecule has 0 aliphatic heterocycles. The molecule has 0 unspecified atom stereocenters. The first-order valence-electron chi connectivity index (χ1n) is 8.39. The third kappa shape index (κ3) is 4.77. The lowest BCUT2D eigenvalue weighted by Crippen LogP contribution is -2.01. The number of aryl methyl sites for hydroxylation is 1. The monoisotopic (exact) mass is 333 g/mol. The van der Waals surface area contributed by atoms with E-state index in [0.29, 0.717) is 6.61 Å². The number of methoxy groups -OCH3 is 1. The molecule has 0 atom stereocenters. The van der Waals surface area contributed by atoms with Gasteiger partial charge in [-0.3, -0.25) is 0 Å². The molecule has 0 aliphatic rings. The van der Waals surface area contributed by atoms with Gasteiger partial charge in [0.2, 0.25) is 0 Å². The van der Waals surface area contributed by atoms with Crippen molar-refractivity contribution in [1.82, 2.24) is 0 Å². The van der Waals surface area contributed by atoms with E-state index in [2.05, 4.69) is 42.6 Å². The second kappa shape index (κ2) is 8.25. The van der Waals surface area contributed by atoms with Crippen LogP contribution in [0.3, 0.4) is 0 Å². The molecule has 0 bridgehead atoms. The number of nitrogens with one attached hydrogen (secondary N) is 1. The molecule has 3 rings (SSSR count). The van der Waals surface area contributed by atoms with Crippen molar-refractivity contribution in [1.29, 1.82) is 0 Å². The van der Waals surface area contributed by atoms with Gasteiger partial charge in [0.1, 0.15) is 6.61 Å². The highest BCUT2D eigenvalue weighted by Gasteiger charge is 2.06. The Morgan fingerprint density at radius 1 is 0.800 bits per heavy atom. The lowest BCUT2D eigenvalue weighted by molar-refractivity contribution is 0.284. The first kappa shape index (κ1) is 16.9. The van der Waals surface area contributed by atoms with Crippen LogP contribution in [-0.2, 0) is 13.2 Å². The summed E-state index contributed by atoms with van der Waals surface area (Å²) in [6, 6.07) is 24.5. The Morgan fingerprint density at radius 2 is 1.56 bits per heavy atom. The lowest BCUT2D eigenvalue weighted by Gasteiger charge is -2.13. The molecule has 0 aliphatic carbocycles. The van der Waals surface area contributed by atoms with Crippen molar-refractivity contribution in [2.75, 3.05) is 12.4 Å². The third-order valence-corrected chi connectivity index (χ3v) is 4.01. The molecule has 3 aromatic carbocycles. The van der Waals surface area contributed by atoms with E-state index in [0.717, 1.165) is 34.9 Å². The van der Waals surface area contributed by atoms with Gasteiger partial charge in [0.25, 0.3) is 0 Å². The summed E-state index contributed by atoms with van der Waals surface area (Å²) in [5.41, 5.74) is 4.64. The minimum absolute atomic E-state index is 0.526. The normalized spacial score (nSPS) is 10.3. The van der Waals surface area contributed by atoms with Gasteiger partial charge < -0.3 is 14.8 Å². The molecule has 0 fully saturated rings. The first-order valence-corrected chi connectivity index (χ1v) is 8.39. The molecule has 0 radical (unpaired) electrons. The highest BCUT2D eigenvalue weighted by molar-refractivity contribution is 5.47. The van der Waals surface area contributed by atoms with Gasteiger partial charge >= 0.3 is 0 Å². The van der Waals surface area contributed by atoms with E-state index in [1.807, 2.05) is 42.5 Å². The summed E-state index contributed by atoms with van der Waals surface area (Å²) < 4.78 is 11.4. The van der Waals surface area contributed by atoms with Gasteiger partial charge in [-0.25, -0.2) is 0 Å². The van der Waals surface area contributed by atoms with Gasteiger partial charge in [-0.1, -0.05) is 54.1 Å². The fourth-order valence-corrected chi connectivity index (χ4v) is 2.55. The Hall–Kier alpha value is -2.94. The van der Waals surface area contributed by atoms with Crippen LogP contribution in [-0.4, -0.2) is 7.11 Å². The Labute approximate surface area is 149 Å². The number of anilines is 1. The second-order valence-corrected chi connectivity index (χ2v) is 5.98. The van der Waals surface area contributed by atoms with Crippen molar-refractivity contribution in [2.45, 2.75) is 20.1 Å². The maximum absolute atomic E-state index is 5.90. The van der Waals surface area contributed by atoms with Gasteiger partial charge in [0.15, 0.2) is 11.5 Å². The predicted molar refractivity (Wildman–Crippen MR) is 102 cm³/mol. The van der Waals surface area contributed by atoms with Gasteiger partial charge in [-0.15, -0.1) is 0 Å². The van der Waals surface area contributed by atoms with Crippen molar-refractivity contribution in [2.24, 2.45) is 0 Å². The van der Waals surface area contributed by atoms with Crippen LogP contribution in [0.4, 0.5) is 5.69 Å². The number of rotatable bonds is 7. The third-order valence-electron chi connectivity index (χ3n) is 4.01. The van der Waals surface area contributed by atoms with Crippen LogP contribution in [0.5, 0.6) is 11.5 Å². The average molecular weight is 333 g/mol. The quantitative estimate of drug-likeness (QED) is 0.645. The number of ether oxygens (including phenoxy) is 2. The van der Waals surface area contributed by atoms with Crippen molar-refractivity contribution in [3.8, 4) is 11.5 Å². The molecule has 3 nitrogen and oxygen atoms in total. The van der Waals surface area contributed by atoms with Crippen LogP contribution in [0.15, 0.2) is 72.8 Å². The Morgan fingerprint density at radius 3 is 2.28 bits per heavy atom. The van der Waals surface area contributed by atoms with E-state index in [-0.39, 0.29) is 0 Å².